The van der Waals surface area contributed by atoms with Crippen LogP contribution in [0.3, 0.4) is 0 Å². The lowest BCUT2D eigenvalue weighted by molar-refractivity contribution is 0.0951. The molecule has 1 heterocycles. The van der Waals surface area contributed by atoms with E-state index in [1.807, 2.05) is 11.8 Å². The number of rotatable bonds is 5. The van der Waals surface area contributed by atoms with Gasteiger partial charge in [-0.2, -0.15) is 11.8 Å². The number of methoxy groups -OCH3 is 1. The molecule has 1 saturated heterocycles. The Bertz CT molecular complexity index is 598. The molecule has 1 aromatic rings. The highest BCUT2D eigenvalue weighted by Crippen LogP contribution is 2.27. The molecule has 0 unspecified atom stereocenters. The lowest BCUT2D eigenvalue weighted by atomic mass is 10.1. The summed E-state index contributed by atoms with van der Waals surface area (Å²) in [5.41, 5.74) is 1.02. The van der Waals surface area contributed by atoms with Gasteiger partial charge in [0.1, 0.15) is 5.75 Å². The Hall–Kier alpha value is -1.89. The first-order valence-corrected chi connectivity index (χ1v) is 8.95. The Balaban J connectivity index is 1.67. The third-order valence-electron chi connectivity index (χ3n) is 3.89. The highest BCUT2D eigenvalue weighted by Gasteiger charge is 2.24. The van der Waals surface area contributed by atoms with Crippen molar-refractivity contribution in [1.29, 1.82) is 0 Å². The number of hydrogen-bond acceptors (Lipinski definition) is 4. The standard InChI is InChI=1S/C16H21N3O3S/c1-22-14-5-2-10(15(20)17-11-3-4-11)8-13(14)19-16(21)18-12-6-7-23-9-12/h2,5,8,11-12H,3-4,6-7,9H2,1H3,(H,17,20)(H2,18,19,21)/t12-/m0/s1. The zero-order valence-electron chi connectivity index (χ0n) is 13.1. The molecule has 124 valence electrons. The fourth-order valence-corrected chi connectivity index (χ4v) is 3.59. The van der Waals surface area contributed by atoms with Crippen LogP contribution in [0.2, 0.25) is 0 Å². The maximum Gasteiger partial charge on any atom is 0.319 e. The van der Waals surface area contributed by atoms with E-state index in [1.54, 1.807) is 18.2 Å². The Morgan fingerprint density at radius 3 is 2.65 bits per heavy atom. The van der Waals surface area contributed by atoms with E-state index in [4.69, 9.17) is 4.74 Å². The van der Waals surface area contributed by atoms with Crippen molar-refractivity contribution < 1.29 is 14.3 Å². The number of nitrogens with one attached hydrogen (secondary N) is 3. The van der Waals surface area contributed by atoms with Gasteiger partial charge in [-0.3, -0.25) is 4.79 Å². The van der Waals surface area contributed by atoms with Gasteiger partial charge in [0.15, 0.2) is 0 Å². The number of carbonyl (C=O) groups is 2. The van der Waals surface area contributed by atoms with Crippen molar-refractivity contribution in [2.24, 2.45) is 0 Å². The van der Waals surface area contributed by atoms with Crippen LogP contribution in [-0.4, -0.2) is 42.6 Å². The van der Waals surface area contributed by atoms with Gasteiger partial charge >= 0.3 is 6.03 Å². The smallest absolute Gasteiger partial charge is 0.319 e. The number of hydrogen-bond donors (Lipinski definition) is 3. The number of carbonyl (C=O) groups excluding carboxylic acids is 2. The molecule has 1 saturated carbocycles. The number of thioether (sulfide) groups is 1. The van der Waals surface area contributed by atoms with Crippen LogP contribution in [-0.2, 0) is 0 Å². The topological polar surface area (TPSA) is 79.5 Å². The largest absolute Gasteiger partial charge is 0.495 e. The van der Waals surface area contributed by atoms with Crippen LogP contribution in [0.5, 0.6) is 5.75 Å². The summed E-state index contributed by atoms with van der Waals surface area (Å²) in [5, 5.41) is 8.67. The summed E-state index contributed by atoms with van der Waals surface area (Å²) in [4.78, 5) is 24.2. The molecule has 7 heteroatoms. The van der Waals surface area contributed by atoms with Gasteiger partial charge in [-0.05, 0) is 43.2 Å². The summed E-state index contributed by atoms with van der Waals surface area (Å²) < 4.78 is 5.27. The van der Waals surface area contributed by atoms with Gasteiger partial charge in [0.25, 0.3) is 5.91 Å². The van der Waals surface area contributed by atoms with Crippen molar-refractivity contribution in [2.45, 2.75) is 31.3 Å². The Morgan fingerprint density at radius 2 is 2.00 bits per heavy atom. The maximum atomic E-state index is 12.1. The molecule has 3 rings (SSSR count). The molecular weight excluding hydrogens is 314 g/mol. The van der Waals surface area contributed by atoms with Crippen molar-refractivity contribution in [3.8, 4) is 5.75 Å². The van der Waals surface area contributed by atoms with Crippen LogP contribution >= 0.6 is 11.8 Å². The number of benzene rings is 1. The van der Waals surface area contributed by atoms with Crippen LogP contribution in [0, 0.1) is 0 Å². The third kappa shape index (κ3) is 4.31. The lowest BCUT2D eigenvalue weighted by Gasteiger charge is -2.15. The summed E-state index contributed by atoms with van der Waals surface area (Å²) in [6, 6.07) is 5.28. The van der Waals surface area contributed by atoms with Gasteiger partial charge in [-0.15, -0.1) is 0 Å². The number of amides is 3. The second-order valence-corrected chi connectivity index (χ2v) is 6.97. The quantitative estimate of drug-likeness (QED) is 0.771. The average Bonchev–Trinajstić information content (AvgIpc) is 3.20. The summed E-state index contributed by atoms with van der Waals surface area (Å²) in [6.07, 6.45) is 3.06. The van der Waals surface area contributed by atoms with Crippen LogP contribution in [0.25, 0.3) is 0 Å². The van der Waals surface area contributed by atoms with E-state index in [0.29, 0.717) is 23.0 Å². The molecule has 0 bridgehead atoms. The third-order valence-corrected chi connectivity index (χ3v) is 5.05. The van der Waals surface area contributed by atoms with Crippen molar-refractivity contribution >= 4 is 29.4 Å². The average molecular weight is 335 g/mol. The molecule has 1 aliphatic carbocycles. The van der Waals surface area contributed by atoms with Crippen LogP contribution in [0.15, 0.2) is 18.2 Å². The summed E-state index contributed by atoms with van der Waals surface area (Å²) in [7, 11) is 1.54. The molecule has 2 fully saturated rings. The van der Waals surface area contributed by atoms with Crippen molar-refractivity contribution in [3.05, 3.63) is 23.8 Å². The highest BCUT2D eigenvalue weighted by molar-refractivity contribution is 7.99. The molecule has 3 N–H and O–H groups in total. The minimum absolute atomic E-state index is 0.120. The normalized spacial score (nSPS) is 20.0. The molecule has 23 heavy (non-hydrogen) atoms. The molecule has 6 nitrogen and oxygen atoms in total. The summed E-state index contributed by atoms with van der Waals surface area (Å²) >= 11 is 1.84. The van der Waals surface area contributed by atoms with E-state index in [9.17, 15) is 9.59 Å². The zero-order chi connectivity index (χ0) is 16.2. The Labute approximate surface area is 139 Å². The fraction of sp³-hybridized carbons (Fsp3) is 0.500. The summed E-state index contributed by atoms with van der Waals surface area (Å²) in [5.74, 6) is 2.43. The number of anilines is 1. The SMILES string of the molecule is COc1ccc(C(=O)NC2CC2)cc1NC(=O)N[C@H]1CCSC1. The van der Waals surface area contributed by atoms with E-state index < -0.39 is 0 Å². The van der Waals surface area contributed by atoms with E-state index in [2.05, 4.69) is 16.0 Å². The summed E-state index contributed by atoms with van der Waals surface area (Å²) in [6.45, 7) is 0. The minimum Gasteiger partial charge on any atom is -0.495 e. The predicted octanol–water partition coefficient (Wildman–Crippen LogP) is 2.21. The van der Waals surface area contributed by atoms with Crippen molar-refractivity contribution in [3.63, 3.8) is 0 Å². The monoisotopic (exact) mass is 335 g/mol. The van der Waals surface area contributed by atoms with E-state index >= 15 is 0 Å². The second kappa shape index (κ2) is 7.12. The van der Waals surface area contributed by atoms with E-state index in [1.165, 1.54) is 7.11 Å². The molecule has 0 spiro atoms. The first-order valence-electron chi connectivity index (χ1n) is 7.80. The van der Waals surface area contributed by atoms with Gasteiger partial charge < -0.3 is 20.7 Å². The van der Waals surface area contributed by atoms with Crippen molar-refractivity contribution in [2.75, 3.05) is 23.9 Å². The minimum atomic E-state index is -0.268. The van der Waals surface area contributed by atoms with Gasteiger partial charge in [-0.1, -0.05) is 0 Å². The van der Waals surface area contributed by atoms with Gasteiger partial charge in [0.05, 0.1) is 12.8 Å². The molecular formula is C16H21N3O3S. The Morgan fingerprint density at radius 1 is 1.17 bits per heavy atom. The number of ether oxygens (including phenoxy) is 1. The predicted molar refractivity (Wildman–Crippen MR) is 91.4 cm³/mol. The first-order chi connectivity index (χ1) is 11.2. The van der Waals surface area contributed by atoms with Crippen molar-refractivity contribution in [1.82, 2.24) is 10.6 Å². The Kier molecular flexibility index (Phi) is 4.95. The van der Waals surface area contributed by atoms with Crippen LogP contribution in [0.1, 0.15) is 29.6 Å². The molecule has 1 aliphatic heterocycles. The maximum absolute atomic E-state index is 12.1. The highest BCUT2D eigenvalue weighted by atomic mass is 32.2. The fourth-order valence-electron chi connectivity index (χ4n) is 2.44. The zero-order valence-corrected chi connectivity index (χ0v) is 13.9. The molecule has 2 aliphatic rings. The van der Waals surface area contributed by atoms with Gasteiger partial charge in [0, 0.05) is 23.4 Å². The first kappa shape index (κ1) is 16.0. The van der Waals surface area contributed by atoms with E-state index in [0.717, 1.165) is 30.8 Å². The van der Waals surface area contributed by atoms with Crippen LogP contribution in [0.4, 0.5) is 10.5 Å². The lowest BCUT2D eigenvalue weighted by Crippen LogP contribution is -2.38. The van der Waals surface area contributed by atoms with Gasteiger partial charge in [0.2, 0.25) is 0 Å². The molecule has 1 aromatic carbocycles. The second-order valence-electron chi connectivity index (χ2n) is 5.82. The molecule has 0 aromatic heterocycles. The van der Waals surface area contributed by atoms with Gasteiger partial charge in [-0.25, -0.2) is 4.79 Å². The van der Waals surface area contributed by atoms with Crippen LogP contribution < -0.4 is 20.7 Å². The number of urea groups is 1. The van der Waals surface area contributed by atoms with E-state index in [-0.39, 0.29) is 18.0 Å². The molecule has 1 atom stereocenters. The molecule has 0 radical (unpaired) electrons. The molecule has 3 amide bonds.